The van der Waals surface area contributed by atoms with Gasteiger partial charge in [0.15, 0.2) is 23.0 Å². The van der Waals surface area contributed by atoms with Crippen molar-refractivity contribution in [2.75, 3.05) is 40.6 Å². The van der Waals surface area contributed by atoms with Crippen molar-refractivity contribution >= 4 is 149 Å². The van der Waals surface area contributed by atoms with Gasteiger partial charge in [0.25, 0.3) is 23.6 Å². The second-order valence-corrected chi connectivity index (χ2v) is 29.0. The molecule has 2 heterocycles. The Hall–Kier alpha value is -13.5. The smallest absolute Gasteiger partial charge is 0.391 e. The van der Waals surface area contributed by atoms with Crippen molar-refractivity contribution in [3.8, 4) is 69.0 Å². The number of methoxy groups -OCH3 is 2. The van der Waals surface area contributed by atoms with Crippen molar-refractivity contribution in [2.24, 2.45) is 0 Å². The molecule has 13 rings (SSSR count). The van der Waals surface area contributed by atoms with E-state index in [2.05, 4.69) is 26.3 Å². The van der Waals surface area contributed by atoms with Crippen molar-refractivity contribution in [1.29, 1.82) is 0 Å². The van der Waals surface area contributed by atoms with E-state index >= 15 is 32.3 Å². The third-order valence-electron chi connectivity index (χ3n) is 19.5. The summed E-state index contributed by atoms with van der Waals surface area (Å²) in [6, 6.07) is 37.1. The molecule has 618 valence electrons. The molecule has 2 aliphatic heterocycles. The number of fused-ring (bicyclic) bond motifs is 2. The van der Waals surface area contributed by atoms with Gasteiger partial charge in [-0.25, -0.2) is 28.8 Å². The second-order valence-electron chi connectivity index (χ2n) is 27.2. The van der Waals surface area contributed by atoms with Crippen molar-refractivity contribution in [3.05, 3.63) is 261 Å². The Bertz CT molecular complexity index is 5810. The first-order valence-corrected chi connectivity index (χ1v) is 38.5. The number of esters is 6. The highest BCUT2D eigenvalue weighted by molar-refractivity contribution is 6.46. The van der Waals surface area contributed by atoms with Crippen LogP contribution in [0.2, 0.25) is 0 Å². The summed E-state index contributed by atoms with van der Waals surface area (Å²) in [5, 5.41) is -2.51. The number of hydrogen-bond donors (Lipinski definition) is 0. The van der Waals surface area contributed by atoms with Gasteiger partial charge in [-0.05, 0) is 126 Å². The van der Waals surface area contributed by atoms with E-state index in [9.17, 15) is 28.8 Å². The molecule has 0 bridgehead atoms. The Labute approximate surface area is 706 Å². The Morgan fingerprint density at radius 2 is 0.603 bits per heavy atom. The number of carbonyl (C=O) groups excluding carboxylic acids is 10. The van der Waals surface area contributed by atoms with Crippen LogP contribution in [0.3, 0.4) is 0 Å². The molecule has 0 aliphatic carbocycles. The highest BCUT2D eigenvalue weighted by Gasteiger charge is 2.50. The number of rotatable bonds is 34. The average molecular weight is 1730 g/mol. The molecule has 0 saturated carbocycles. The minimum Gasteiger partial charge on any atom is -0.493 e. The predicted molar refractivity (Wildman–Crippen MR) is 439 cm³/mol. The molecule has 2 unspecified atom stereocenters. The fourth-order valence-electron chi connectivity index (χ4n) is 13.9. The summed E-state index contributed by atoms with van der Waals surface area (Å²) in [6.45, 7) is 14.6. The van der Waals surface area contributed by atoms with Gasteiger partial charge in [-0.1, -0.05) is 152 Å². The number of benzene rings is 11. The highest BCUT2D eigenvalue weighted by atomic mass is 35.5. The third kappa shape index (κ3) is 18.4. The number of imide groups is 2. The van der Waals surface area contributed by atoms with Crippen LogP contribution in [0.1, 0.15) is 83.5 Å². The van der Waals surface area contributed by atoms with Crippen molar-refractivity contribution in [2.45, 2.75) is 63.7 Å². The number of para-hydroxylation sites is 4. The van der Waals surface area contributed by atoms with Gasteiger partial charge in [-0.15, -0.1) is 0 Å². The summed E-state index contributed by atoms with van der Waals surface area (Å²) < 4.78 is 118. The monoisotopic (exact) mass is 1720 g/mol. The minimum absolute atomic E-state index is 0.0183. The quantitative estimate of drug-likeness (QED) is 0.00688. The number of amides is 4. The van der Waals surface area contributed by atoms with Gasteiger partial charge in [0.1, 0.15) is 78.2 Å². The lowest BCUT2D eigenvalue weighted by molar-refractivity contribution is -0.161. The first-order chi connectivity index (χ1) is 57.9. The zero-order chi connectivity index (χ0) is 86.4. The van der Waals surface area contributed by atoms with Crippen LogP contribution in [0.15, 0.2) is 216 Å². The SMILES string of the molecule is C=C(Cl)C(=O)OCCc1ccc(Oc2cc3c4c(cc(Oc5ccc(CCOC(=O)C(=C)Cl)cc5)c5c6c(Oc7ccc(CCOC(=O)C(=C)Cl)cc7)cc7c8c(cc(Oc9ccc(CCOC(=O)C(=C)Cl)cc9)c(c2c45)c86)C(=O)N(C(CC(F)(F)F)C(=O)Oc2ccccc2OC)C7=O)C(=O)N(C(CC)C(=O)Oc2ccccc2OC)C3=O)cc1. The summed E-state index contributed by atoms with van der Waals surface area (Å²) in [4.78, 5) is 145. The molecule has 2 atom stereocenters. The van der Waals surface area contributed by atoms with Gasteiger partial charge in [-0.2, -0.15) is 13.2 Å². The second kappa shape index (κ2) is 36.4. The van der Waals surface area contributed by atoms with E-state index in [1.165, 1.54) is 111 Å². The van der Waals surface area contributed by atoms with Crippen molar-refractivity contribution in [1.82, 2.24) is 9.80 Å². The van der Waals surface area contributed by atoms with E-state index in [1.807, 2.05) is 0 Å². The van der Waals surface area contributed by atoms with Gasteiger partial charge in [0.2, 0.25) is 0 Å². The van der Waals surface area contributed by atoms with Gasteiger partial charge in [0, 0.05) is 68.8 Å². The van der Waals surface area contributed by atoms with Crippen LogP contribution in [0.5, 0.6) is 69.0 Å². The average Bonchev–Trinajstić information content (AvgIpc) is 0.669. The van der Waals surface area contributed by atoms with Gasteiger partial charge in [-0.3, -0.25) is 29.0 Å². The molecule has 0 saturated heterocycles. The lowest BCUT2D eigenvalue weighted by Gasteiger charge is -2.35. The summed E-state index contributed by atoms with van der Waals surface area (Å²) in [5.74, 6) is -13.0. The van der Waals surface area contributed by atoms with Crippen molar-refractivity contribution < 1.29 is 118 Å². The molecule has 0 radical (unpaired) electrons. The maximum atomic E-state index is 16.3. The first kappa shape index (κ1) is 85.4. The first-order valence-electron chi connectivity index (χ1n) is 37.0. The minimum atomic E-state index is -5.31. The molecular weight excluding hydrogens is 1660 g/mol. The maximum absolute atomic E-state index is 16.3. The number of carbonyl (C=O) groups is 10. The molecule has 24 nitrogen and oxygen atoms in total. The molecule has 4 amide bonds. The number of alkyl halides is 3. The van der Waals surface area contributed by atoms with Crippen LogP contribution < -0.4 is 37.9 Å². The Morgan fingerprint density at radius 3 is 0.843 bits per heavy atom. The zero-order valence-corrected chi connectivity index (χ0v) is 67.3. The fourth-order valence-corrected chi connectivity index (χ4v) is 14.1. The van der Waals surface area contributed by atoms with Crippen LogP contribution in [0.25, 0.3) is 43.1 Å². The molecule has 0 aromatic heterocycles. The molecular formula is C90H67Cl4F3N2O22. The molecule has 0 spiro atoms. The molecule has 0 fully saturated rings. The van der Waals surface area contributed by atoms with Gasteiger partial charge >= 0.3 is 42.0 Å². The zero-order valence-electron chi connectivity index (χ0n) is 64.2. The highest BCUT2D eigenvalue weighted by Crippen LogP contribution is 2.58. The maximum Gasteiger partial charge on any atom is 0.391 e. The van der Waals surface area contributed by atoms with E-state index in [4.69, 9.17) is 103 Å². The van der Waals surface area contributed by atoms with Crippen LogP contribution >= 0.6 is 46.4 Å². The lowest BCUT2D eigenvalue weighted by atomic mass is 9.80. The van der Waals surface area contributed by atoms with E-state index < -0.39 is 95.3 Å². The third-order valence-corrected chi connectivity index (χ3v) is 20.1. The molecule has 2 aliphatic rings. The summed E-state index contributed by atoms with van der Waals surface area (Å²) in [6.07, 6.45) is -7.18. The Balaban J connectivity index is 1.15. The summed E-state index contributed by atoms with van der Waals surface area (Å²) in [7, 11) is 2.56. The van der Waals surface area contributed by atoms with Crippen LogP contribution in [-0.4, -0.2) is 128 Å². The van der Waals surface area contributed by atoms with E-state index in [0.29, 0.717) is 22.3 Å². The van der Waals surface area contributed by atoms with Crippen LogP contribution in [0.4, 0.5) is 13.2 Å². The molecule has 31 heteroatoms. The molecule has 11 aromatic carbocycles. The molecule has 121 heavy (non-hydrogen) atoms. The van der Waals surface area contributed by atoms with E-state index in [1.54, 1.807) is 67.6 Å². The molecule has 0 N–H and O–H groups in total. The van der Waals surface area contributed by atoms with Crippen LogP contribution in [0, 0.1) is 0 Å². The summed E-state index contributed by atoms with van der Waals surface area (Å²) in [5.41, 5.74) is 0.637. The standard InChI is InChI=1S/C90H67Cl4F3N2O22/c1-8-62(88(108)120-66-15-11-9-13-64(66)110-6)98-80(100)58-41-68(116-54-25-17-50(18-26-54)33-37-112-84(104)46(2)91)74-76-70(118-56-29-21-52(22-30-56)35-39-114-86(106)48(4)93)43-60-73-61(83(103)99(82(60)102)63(45-90(95,96)97)89(109)121-67-16-12-10-14-65(67)111-7)44-71(119-57-31-23-53(24-32-57)36-40-115-87(107)49(5)94)77(79(73)76)75-69(42-59(81(98)101)72(58)78(74)75)117-55-27-19-51(20-28-55)34-38-113-85(105)47(3)92/h9-32,41-44,62-63H,2-5,8,33-40,45H2,1,6-7H3. The molecule has 11 aromatic rings. The van der Waals surface area contributed by atoms with E-state index in [-0.39, 0.29) is 207 Å². The Morgan fingerprint density at radius 1 is 0.355 bits per heavy atom. The van der Waals surface area contributed by atoms with Gasteiger partial charge < -0.3 is 56.8 Å². The normalized spacial score (nSPS) is 12.8. The number of hydrogen-bond acceptors (Lipinski definition) is 22. The topological polar surface area (TPSA) is 288 Å². The number of ether oxygens (including phenoxy) is 12. The fraction of sp³-hybridized carbons (Fsp3) is 0.178. The van der Waals surface area contributed by atoms with Crippen LogP contribution in [-0.2, 0) is 73.4 Å². The van der Waals surface area contributed by atoms with Gasteiger partial charge in [0.05, 0.1) is 69.3 Å². The predicted octanol–water partition coefficient (Wildman–Crippen LogP) is 18.8. The van der Waals surface area contributed by atoms with E-state index in [0.717, 1.165) is 17.0 Å². The number of nitrogens with zero attached hydrogens (tertiary/aromatic N) is 2. The lowest BCUT2D eigenvalue weighted by Crippen LogP contribution is -2.53. The Kier molecular flexibility index (Phi) is 25.7. The van der Waals surface area contributed by atoms with Crippen molar-refractivity contribution in [3.63, 3.8) is 0 Å². The largest absolute Gasteiger partial charge is 0.493 e. The number of halogens is 7. The summed E-state index contributed by atoms with van der Waals surface area (Å²) >= 11 is 23.3.